The third kappa shape index (κ3) is 6.99. The van der Waals surface area contributed by atoms with Crippen molar-refractivity contribution in [1.82, 2.24) is 5.32 Å². The normalized spacial score (nSPS) is 12.8. The number of hydrogen-bond donors (Lipinski definition) is 1. The first-order valence-corrected chi connectivity index (χ1v) is 8.89. The predicted molar refractivity (Wildman–Crippen MR) is 85.6 cm³/mol. The zero-order valence-corrected chi connectivity index (χ0v) is 13.8. The molecule has 1 aromatic carbocycles. The summed E-state index contributed by atoms with van der Waals surface area (Å²) in [6.45, 7) is 1.72. The van der Waals surface area contributed by atoms with Gasteiger partial charge in [-0.2, -0.15) is 13.2 Å². The molecular weight excluding hydrogens is 343 g/mol. The monoisotopic (exact) mass is 361 g/mol. The molecule has 0 saturated heterocycles. The number of nitrogens with one attached hydrogen (secondary N) is 1. The zero-order chi connectivity index (χ0) is 18.2. The maximum atomic E-state index is 12.9. The lowest BCUT2D eigenvalue weighted by Crippen LogP contribution is -2.16. The van der Waals surface area contributed by atoms with Gasteiger partial charge in [0.05, 0.1) is 17.1 Å². The largest absolute Gasteiger partial charge is 0.416 e. The van der Waals surface area contributed by atoms with Crippen LogP contribution in [-0.2, 0) is 26.6 Å². The first-order valence-electron chi connectivity index (χ1n) is 7.07. The molecule has 1 amide bonds. The van der Waals surface area contributed by atoms with E-state index in [1.54, 1.807) is 13.0 Å². The van der Waals surface area contributed by atoms with Gasteiger partial charge in [0.1, 0.15) is 0 Å². The summed E-state index contributed by atoms with van der Waals surface area (Å²) in [5, 5.41) is 2.45. The lowest BCUT2D eigenvalue weighted by atomic mass is 10.1. The van der Waals surface area contributed by atoms with E-state index >= 15 is 0 Å². The maximum absolute atomic E-state index is 12.9. The van der Waals surface area contributed by atoms with Crippen LogP contribution in [0, 0.1) is 0 Å². The minimum Gasteiger partial charge on any atom is -0.333 e. The van der Waals surface area contributed by atoms with Gasteiger partial charge in [0, 0.05) is 6.42 Å². The van der Waals surface area contributed by atoms with Crippen molar-refractivity contribution in [2.75, 3.05) is 5.75 Å². The van der Waals surface area contributed by atoms with Crippen LogP contribution in [0.1, 0.15) is 24.5 Å². The van der Waals surface area contributed by atoms with Crippen molar-refractivity contribution in [2.45, 2.75) is 25.3 Å². The molecular formula is C16H18F3NO3S. The average Bonchev–Trinajstić information content (AvgIpc) is 2.48. The summed E-state index contributed by atoms with van der Waals surface area (Å²) in [6, 6.07) is 4.57. The first-order chi connectivity index (χ1) is 11.2. The van der Waals surface area contributed by atoms with Gasteiger partial charge in [0.2, 0.25) is 5.91 Å². The number of amides is 1. The van der Waals surface area contributed by atoms with Crippen LogP contribution >= 0.6 is 0 Å². The molecule has 0 spiro atoms. The van der Waals surface area contributed by atoms with Gasteiger partial charge < -0.3 is 5.32 Å². The van der Waals surface area contributed by atoms with E-state index < -0.39 is 33.1 Å². The summed E-state index contributed by atoms with van der Waals surface area (Å²) in [4.78, 5) is 11.3. The zero-order valence-electron chi connectivity index (χ0n) is 13.0. The third-order valence-corrected chi connectivity index (χ3v) is 4.38. The van der Waals surface area contributed by atoms with Crippen molar-refractivity contribution in [1.29, 1.82) is 0 Å². The summed E-state index contributed by atoms with van der Waals surface area (Å²) >= 11 is 0. The Labute approximate surface area is 139 Å². The highest BCUT2D eigenvalue weighted by Gasteiger charge is 2.33. The number of carbonyl (C=O) groups is 1. The van der Waals surface area contributed by atoms with Crippen LogP contribution in [0.3, 0.4) is 0 Å². The summed E-state index contributed by atoms with van der Waals surface area (Å²) in [5.74, 6) is -1.46. The van der Waals surface area contributed by atoms with Gasteiger partial charge in [0.15, 0.2) is 9.84 Å². The smallest absolute Gasteiger partial charge is 0.333 e. The Kier molecular flexibility index (Phi) is 7.21. The molecule has 8 heteroatoms. The molecule has 0 aliphatic heterocycles. The number of halogens is 3. The van der Waals surface area contributed by atoms with Gasteiger partial charge in [-0.1, -0.05) is 36.4 Å². The molecule has 0 radical (unpaired) electrons. The molecule has 1 rings (SSSR count). The Hall–Kier alpha value is -2.09. The molecule has 1 N–H and O–H groups in total. The Bertz CT molecular complexity index is 722. The standard InChI is InChI=1S/C16H18F3NO3S/c1-2-10-20-15(21)9-5-6-11-24(22,23)12-13-7-3-4-8-14(13)16(17,18)19/h2-8,10H,9,11-12H2,1H3,(H,20,21)/b6-5+,10-2+. The Morgan fingerprint density at radius 3 is 2.50 bits per heavy atom. The number of hydrogen-bond acceptors (Lipinski definition) is 3. The molecule has 0 aliphatic rings. The SMILES string of the molecule is C/C=C/NC(=O)C/C=C/CS(=O)(=O)Cc1ccccc1C(F)(F)F. The predicted octanol–water partition coefficient (Wildman–Crippen LogP) is 3.22. The fourth-order valence-corrected chi connectivity index (χ4v) is 3.13. The number of benzene rings is 1. The number of allylic oxidation sites excluding steroid dienone is 1. The van der Waals surface area contributed by atoms with Gasteiger partial charge in [-0.25, -0.2) is 8.42 Å². The fraction of sp³-hybridized carbons (Fsp3) is 0.312. The highest BCUT2D eigenvalue weighted by molar-refractivity contribution is 7.90. The summed E-state index contributed by atoms with van der Waals surface area (Å²) in [5.41, 5.74) is -1.24. The van der Waals surface area contributed by atoms with Crippen LogP contribution < -0.4 is 5.32 Å². The minimum absolute atomic E-state index is 0.0149. The molecule has 0 aromatic heterocycles. The van der Waals surface area contributed by atoms with Crippen molar-refractivity contribution in [2.24, 2.45) is 0 Å². The quantitative estimate of drug-likeness (QED) is 0.759. The Morgan fingerprint density at radius 2 is 1.88 bits per heavy atom. The molecule has 0 fully saturated rings. The van der Waals surface area contributed by atoms with Crippen molar-refractivity contribution in [3.8, 4) is 0 Å². The van der Waals surface area contributed by atoms with Gasteiger partial charge in [-0.3, -0.25) is 4.79 Å². The maximum Gasteiger partial charge on any atom is 0.416 e. The van der Waals surface area contributed by atoms with E-state index in [1.165, 1.54) is 30.5 Å². The summed E-state index contributed by atoms with van der Waals surface area (Å²) in [7, 11) is -3.76. The van der Waals surface area contributed by atoms with Crippen LogP contribution in [0.25, 0.3) is 0 Å². The summed E-state index contributed by atoms with van der Waals surface area (Å²) < 4.78 is 62.5. The second-order valence-electron chi connectivity index (χ2n) is 4.95. The fourth-order valence-electron chi connectivity index (χ4n) is 1.86. The number of sulfone groups is 1. The molecule has 24 heavy (non-hydrogen) atoms. The molecule has 0 unspecified atom stereocenters. The second-order valence-corrected chi connectivity index (χ2v) is 7.06. The van der Waals surface area contributed by atoms with Gasteiger partial charge >= 0.3 is 6.18 Å². The third-order valence-electron chi connectivity index (χ3n) is 2.93. The molecule has 0 saturated carbocycles. The van der Waals surface area contributed by atoms with E-state index in [9.17, 15) is 26.4 Å². The van der Waals surface area contributed by atoms with Crippen molar-refractivity contribution in [3.63, 3.8) is 0 Å². The van der Waals surface area contributed by atoms with Gasteiger partial charge in [-0.05, 0) is 24.8 Å². The molecule has 0 heterocycles. The molecule has 0 atom stereocenters. The van der Waals surface area contributed by atoms with Gasteiger partial charge in [-0.15, -0.1) is 0 Å². The van der Waals surface area contributed by atoms with Crippen molar-refractivity contribution in [3.05, 3.63) is 59.8 Å². The topological polar surface area (TPSA) is 63.2 Å². The number of carbonyl (C=O) groups excluding carboxylic acids is 1. The summed E-state index contributed by atoms with van der Waals surface area (Å²) in [6.07, 6.45) is 1.09. The van der Waals surface area contributed by atoms with Crippen LogP contribution in [0.15, 0.2) is 48.7 Å². The molecule has 4 nitrogen and oxygen atoms in total. The molecule has 1 aromatic rings. The lowest BCUT2D eigenvalue weighted by molar-refractivity contribution is -0.138. The van der Waals surface area contributed by atoms with Crippen molar-refractivity contribution >= 4 is 15.7 Å². The van der Waals surface area contributed by atoms with E-state index in [-0.39, 0.29) is 17.9 Å². The highest BCUT2D eigenvalue weighted by Crippen LogP contribution is 2.32. The van der Waals surface area contributed by atoms with Crippen molar-refractivity contribution < 1.29 is 26.4 Å². The number of rotatable bonds is 7. The molecule has 132 valence electrons. The van der Waals surface area contributed by atoms with E-state index in [0.29, 0.717) is 0 Å². The Morgan fingerprint density at radius 1 is 1.21 bits per heavy atom. The highest BCUT2D eigenvalue weighted by atomic mass is 32.2. The lowest BCUT2D eigenvalue weighted by Gasteiger charge is -2.12. The van der Waals surface area contributed by atoms with E-state index in [0.717, 1.165) is 12.1 Å². The number of alkyl halides is 3. The van der Waals surface area contributed by atoms with Crippen LogP contribution in [0.4, 0.5) is 13.2 Å². The van der Waals surface area contributed by atoms with E-state index in [1.807, 2.05) is 0 Å². The molecule has 0 aliphatic carbocycles. The van der Waals surface area contributed by atoms with E-state index in [2.05, 4.69) is 5.32 Å². The van der Waals surface area contributed by atoms with Gasteiger partial charge in [0.25, 0.3) is 0 Å². The minimum atomic E-state index is -4.60. The van der Waals surface area contributed by atoms with Crippen LogP contribution in [0.5, 0.6) is 0 Å². The Balaban J connectivity index is 2.70. The van der Waals surface area contributed by atoms with E-state index in [4.69, 9.17) is 0 Å². The first kappa shape index (κ1) is 20.0. The molecule has 0 bridgehead atoms. The van der Waals surface area contributed by atoms with Crippen LogP contribution in [-0.4, -0.2) is 20.1 Å². The van der Waals surface area contributed by atoms with Crippen LogP contribution in [0.2, 0.25) is 0 Å². The average molecular weight is 361 g/mol. The second kappa shape index (κ2) is 8.68.